The molecule has 0 saturated carbocycles. The Bertz CT molecular complexity index is 563. The lowest BCUT2D eigenvalue weighted by molar-refractivity contribution is -0.137. The molecular weight excluding hydrogens is 273 g/mol. The van der Waals surface area contributed by atoms with Gasteiger partial charge in [0, 0.05) is 5.38 Å². The molecule has 0 radical (unpaired) electrons. The summed E-state index contributed by atoms with van der Waals surface area (Å²) in [6.07, 6.45) is -4.33. The van der Waals surface area contributed by atoms with Crippen molar-refractivity contribution >= 4 is 11.3 Å². The largest absolute Gasteiger partial charge is 0.416 e. The highest BCUT2D eigenvalue weighted by atomic mass is 32.1. The number of aryl methyl sites for hydroxylation is 1. The van der Waals surface area contributed by atoms with Gasteiger partial charge >= 0.3 is 6.18 Å². The first-order valence-corrected chi connectivity index (χ1v) is 6.56. The fourth-order valence-corrected chi connectivity index (χ4v) is 2.53. The van der Waals surface area contributed by atoms with Crippen molar-refractivity contribution in [1.29, 1.82) is 0 Å². The van der Waals surface area contributed by atoms with Crippen molar-refractivity contribution in [2.75, 3.05) is 7.05 Å². The second kappa shape index (κ2) is 5.30. The van der Waals surface area contributed by atoms with Crippen LogP contribution in [0.2, 0.25) is 0 Å². The Kier molecular flexibility index (Phi) is 3.91. The fourth-order valence-electron chi connectivity index (χ4n) is 1.89. The third kappa shape index (κ3) is 3.13. The van der Waals surface area contributed by atoms with E-state index in [4.69, 9.17) is 0 Å². The molecule has 0 amide bonds. The Hall–Kier alpha value is -1.40. The average molecular weight is 286 g/mol. The van der Waals surface area contributed by atoms with Gasteiger partial charge in [0.25, 0.3) is 0 Å². The van der Waals surface area contributed by atoms with E-state index in [0.29, 0.717) is 5.56 Å². The van der Waals surface area contributed by atoms with Crippen LogP contribution in [0.15, 0.2) is 29.6 Å². The number of hydrogen-bond acceptors (Lipinski definition) is 3. The van der Waals surface area contributed by atoms with E-state index in [9.17, 15) is 13.2 Å². The van der Waals surface area contributed by atoms with Crippen LogP contribution in [0.1, 0.15) is 27.9 Å². The molecule has 0 spiro atoms. The van der Waals surface area contributed by atoms with Gasteiger partial charge in [-0.25, -0.2) is 4.98 Å². The van der Waals surface area contributed by atoms with Crippen LogP contribution in [-0.2, 0) is 6.18 Å². The van der Waals surface area contributed by atoms with Gasteiger partial charge < -0.3 is 5.32 Å². The Morgan fingerprint density at radius 3 is 2.58 bits per heavy atom. The average Bonchev–Trinajstić information content (AvgIpc) is 2.76. The molecule has 102 valence electrons. The lowest BCUT2D eigenvalue weighted by Gasteiger charge is -2.16. The number of thiazole rings is 1. The standard InChI is InChI=1S/C13H13F3N2S/c1-8-18-11(7-19-8)12(17-2)9-4-3-5-10(6-9)13(14,15)16/h3-7,12,17H,1-2H3. The van der Waals surface area contributed by atoms with E-state index in [1.807, 2.05) is 12.3 Å². The van der Waals surface area contributed by atoms with Crippen molar-refractivity contribution < 1.29 is 13.2 Å². The molecule has 2 rings (SSSR count). The molecule has 1 atom stereocenters. The topological polar surface area (TPSA) is 24.9 Å². The summed E-state index contributed by atoms with van der Waals surface area (Å²) >= 11 is 1.48. The van der Waals surface area contributed by atoms with Crippen LogP contribution in [0.4, 0.5) is 13.2 Å². The highest BCUT2D eigenvalue weighted by Crippen LogP contribution is 2.32. The molecule has 19 heavy (non-hydrogen) atoms. The first kappa shape index (κ1) is 14.0. The summed E-state index contributed by atoms with van der Waals surface area (Å²) < 4.78 is 38.1. The van der Waals surface area contributed by atoms with Gasteiger partial charge in [-0.2, -0.15) is 13.2 Å². The van der Waals surface area contributed by atoms with Crippen molar-refractivity contribution in [3.63, 3.8) is 0 Å². The Morgan fingerprint density at radius 1 is 1.32 bits per heavy atom. The quantitative estimate of drug-likeness (QED) is 0.929. The Balaban J connectivity index is 2.39. The Morgan fingerprint density at radius 2 is 2.05 bits per heavy atom. The van der Waals surface area contributed by atoms with E-state index in [1.54, 1.807) is 13.1 Å². The van der Waals surface area contributed by atoms with Crippen LogP contribution in [0.25, 0.3) is 0 Å². The minimum atomic E-state index is -4.33. The summed E-state index contributed by atoms with van der Waals surface area (Å²) in [5.41, 5.74) is 0.657. The zero-order valence-corrected chi connectivity index (χ0v) is 11.3. The molecule has 0 fully saturated rings. The minimum Gasteiger partial charge on any atom is -0.308 e. The number of aromatic nitrogens is 1. The first-order valence-electron chi connectivity index (χ1n) is 5.68. The molecule has 1 aromatic carbocycles. The maximum Gasteiger partial charge on any atom is 0.416 e. The summed E-state index contributed by atoms with van der Waals surface area (Å²) in [5, 5.41) is 5.75. The molecule has 6 heteroatoms. The SMILES string of the molecule is CNC(c1cccc(C(F)(F)F)c1)c1csc(C)n1. The molecular formula is C13H13F3N2S. The zero-order valence-electron chi connectivity index (χ0n) is 10.5. The number of nitrogens with one attached hydrogen (secondary N) is 1. The van der Waals surface area contributed by atoms with Gasteiger partial charge in [-0.3, -0.25) is 0 Å². The number of benzene rings is 1. The van der Waals surface area contributed by atoms with Crippen molar-refractivity contribution in [3.05, 3.63) is 51.5 Å². The van der Waals surface area contributed by atoms with E-state index in [-0.39, 0.29) is 6.04 Å². The molecule has 2 nitrogen and oxygen atoms in total. The van der Waals surface area contributed by atoms with Gasteiger partial charge in [-0.1, -0.05) is 12.1 Å². The van der Waals surface area contributed by atoms with E-state index in [1.165, 1.54) is 17.4 Å². The Labute approximate surface area is 113 Å². The van der Waals surface area contributed by atoms with Crippen molar-refractivity contribution in [1.82, 2.24) is 10.3 Å². The van der Waals surface area contributed by atoms with E-state index < -0.39 is 11.7 Å². The van der Waals surface area contributed by atoms with Gasteiger partial charge in [0.1, 0.15) is 0 Å². The predicted octanol–water partition coefficient (Wildman–Crippen LogP) is 3.78. The van der Waals surface area contributed by atoms with Crippen LogP contribution in [0.3, 0.4) is 0 Å². The van der Waals surface area contributed by atoms with Gasteiger partial charge in [-0.15, -0.1) is 11.3 Å². The van der Waals surface area contributed by atoms with Crippen LogP contribution in [0.5, 0.6) is 0 Å². The summed E-state index contributed by atoms with van der Waals surface area (Å²) in [5.74, 6) is 0. The highest BCUT2D eigenvalue weighted by molar-refractivity contribution is 7.09. The van der Waals surface area contributed by atoms with Gasteiger partial charge in [0.15, 0.2) is 0 Å². The van der Waals surface area contributed by atoms with Crippen molar-refractivity contribution in [2.24, 2.45) is 0 Å². The lowest BCUT2D eigenvalue weighted by atomic mass is 10.0. The molecule has 0 aliphatic rings. The molecule has 0 bridgehead atoms. The zero-order chi connectivity index (χ0) is 14.0. The van der Waals surface area contributed by atoms with Gasteiger partial charge in [-0.05, 0) is 31.7 Å². The highest BCUT2D eigenvalue weighted by Gasteiger charge is 2.31. The molecule has 0 aliphatic carbocycles. The van der Waals surface area contributed by atoms with E-state index in [0.717, 1.165) is 22.8 Å². The van der Waals surface area contributed by atoms with E-state index in [2.05, 4.69) is 10.3 Å². The van der Waals surface area contributed by atoms with Crippen molar-refractivity contribution in [3.8, 4) is 0 Å². The second-order valence-electron chi connectivity index (χ2n) is 4.14. The normalized spacial score (nSPS) is 13.5. The minimum absolute atomic E-state index is 0.327. The summed E-state index contributed by atoms with van der Waals surface area (Å²) in [6.45, 7) is 1.87. The molecule has 0 saturated heterocycles. The molecule has 1 heterocycles. The van der Waals surface area contributed by atoms with Gasteiger partial charge in [0.05, 0.1) is 22.3 Å². The monoisotopic (exact) mass is 286 g/mol. The number of nitrogens with zero attached hydrogens (tertiary/aromatic N) is 1. The van der Waals surface area contributed by atoms with Crippen LogP contribution in [-0.4, -0.2) is 12.0 Å². The van der Waals surface area contributed by atoms with Crippen molar-refractivity contribution in [2.45, 2.75) is 19.1 Å². The maximum absolute atomic E-state index is 12.7. The number of halogens is 3. The van der Waals surface area contributed by atoms with Gasteiger partial charge in [0.2, 0.25) is 0 Å². The number of rotatable bonds is 3. The van der Waals surface area contributed by atoms with E-state index >= 15 is 0 Å². The molecule has 1 aromatic heterocycles. The predicted molar refractivity (Wildman–Crippen MR) is 69.2 cm³/mol. The first-order chi connectivity index (χ1) is 8.91. The maximum atomic E-state index is 12.7. The van der Waals surface area contributed by atoms with Crippen LogP contribution < -0.4 is 5.32 Å². The summed E-state index contributed by atoms with van der Waals surface area (Å²) in [7, 11) is 1.71. The molecule has 1 unspecified atom stereocenters. The number of alkyl halides is 3. The third-order valence-electron chi connectivity index (χ3n) is 2.77. The summed E-state index contributed by atoms with van der Waals surface area (Å²) in [4.78, 5) is 4.32. The summed E-state index contributed by atoms with van der Waals surface area (Å²) in [6, 6.07) is 5.00. The smallest absolute Gasteiger partial charge is 0.308 e. The fraction of sp³-hybridized carbons (Fsp3) is 0.308. The third-order valence-corrected chi connectivity index (χ3v) is 3.56. The second-order valence-corrected chi connectivity index (χ2v) is 5.20. The molecule has 1 N–H and O–H groups in total. The van der Waals surface area contributed by atoms with Crippen LogP contribution >= 0.6 is 11.3 Å². The van der Waals surface area contributed by atoms with Crippen LogP contribution in [0, 0.1) is 6.92 Å². The molecule has 2 aromatic rings. The molecule has 0 aliphatic heterocycles. The lowest BCUT2D eigenvalue weighted by Crippen LogP contribution is -2.19. The number of hydrogen-bond donors (Lipinski definition) is 1.